The first-order valence-corrected chi connectivity index (χ1v) is 9.05. The molecule has 0 saturated carbocycles. The van der Waals surface area contributed by atoms with Gasteiger partial charge in [0.15, 0.2) is 5.96 Å². The van der Waals surface area contributed by atoms with Crippen LogP contribution in [0.4, 0.5) is 0 Å². The fourth-order valence-corrected chi connectivity index (χ4v) is 2.72. The van der Waals surface area contributed by atoms with Crippen molar-refractivity contribution in [2.45, 2.75) is 39.4 Å². The molecule has 0 fully saturated rings. The summed E-state index contributed by atoms with van der Waals surface area (Å²) < 4.78 is 2.10. The Morgan fingerprint density at radius 3 is 2.59 bits per heavy atom. The first-order valence-electron chi connectivity index (χ1n) is 9.05. The zero-order valence-electron chi connectivity index (χ0n) is 16.9. The Labute approximate surface area is 161 Å². The molecule has 1 heterocycles. The predicted octanol–water partition coefficient (Wildman–Crippen LogP) is 1.85. The Morgan fingerprint density at radius 2 is 1.96 bits per heavy atom. The van der Waals surface area contributed by atoms with E-state index < -0.39 is 0 Å². The van der Waals surface area contributed by atoms with E-state index in [2.05, 4.69) is 37.3 Å². The summed E-state index contributed by atoms with van der Waals surface area (Å²) in [6.07, 6.45) is 3.76. The number of rotatable bonds is 6. The lowest BCUT2D eigenvalue weighted by Gasteiger charge is -2.25. The van der Waals surface area contributed by atoms with E-state index >= 15 is 0 Å². The van der Waals surface area contributed by atoms with E-state index in [0.29, 0.717) is 12.5 Å². The molecule has 1 amide bonds. The van der Waals surface area contributed by atoms with Crippen molar-refractivity contribution in [1.29, 1.82) is 0 Å². The highest BCUT2D eigenvalue weighted by Crippen LogP contribution is 2.05. The maximum atomic E-state index is 12.1. The fraction of sp³-hybridized carbons (Fsp3) is 0.450. The van der Waals surface area contributed by atoms with Gasteiger partial charge in [-0.15, -0.1) is 0 Å². The number of guanidine groups is 1. The number of hydrogen-bond donors (Lipinski definition) is 2. The number of amides is 1. The van der Waals surface area contributed by atoms with Crippen LogP contribution in [-0.2, 0) is 17.9 Å². The van der Waals surface area contributed by atoms with Crippen molar-refractivity contribution < 1.29 is 4.79 Å². The van der Waals surface area contributed by atoms with Gasteiger partial charge >= 0.3 is 0 Å². The molecule has 1 aromatic carbocycles. The number of likely N-dealkylation sites (N-methyl/N-ethyl adjacent to an activating group) is 1. The van der Waals surface area contributed by atoms with Gasteiger partial charge in [0, 0.05) is 38.6 Å². The third-order valence-electron chi connectivity index (χ3n) is 3.87. The average molecular weight is 371 g/mol. The van der Waals surface area contributed by atoms with Crippen LogP contribution in [0.1, 0.15) is 32.2 Å². The third kappa shape index (κ3) is 6.77. The van der Waals surface area contributed by atoms with Gasteiger partial charge in [0.05, 0.1) is 13.1 Å². The van der Waals surface area contributed by atoms with E-state index in [1.807, 2.05) is 52.2 Å². The highest BCUT2D eigenvalue weighted by atomic mass is 16.2. The normalized spacial score (nSPS) is 12.0. The zero-order chi connectivity index (χ0) is 19.9. The van der Waals surface area contributed by atoms with E-state index in [4.69, 9.17) is 0 Å². The van der Waals surface area contributed by atoms with Gasteiger partial charge in [-0.2, -0.15) is 0 Å². The van der Waals surface area contributed by atoms with Gasteiger partial charge in [0.2, 0.25) is 5.91 Å². The Kier molecular flexibility index (Phi) is 6.98. The van der Waals surface area contributed by atoms with Crippen molar-refractivity contribution in [3.63, 3.8) is 0 Å². The lowest BCUT2D eigenvalue weighted by Crippen LogP contribution is -2.48. The molecule has 0 bridgehead atoms. The second kappa shape index (κ2) is 9.21. The number of aliphatic imine (C=N–C) groups is 1. The summed E-state index contributed by atoms with van der Waals surface area (Å²) in [6, 6.07) is 10.3. The summed E-state index contributed by atoms with van der Waals surface area (Å²) in [6.45, 7) is 7.41. The van der Waals surface area contributed by atoms with Crippen molar-refractivity contribution >= 4 is 11.9 Å². The average Bonchev–Trinajstić information content (AvgIpc) is 3.01. The highest BCUT2D eigenvalue weighted by molar-refractivity contribution is 5.86. The second-order valence-electron chi connectivity index (χ2n) is 7.51. The number of imidazole rings is 1. The van der Waals surface area contributed by atoms with E-state index in [-0.39, 0.29) is 18.0 Å². The quantitative estimate of drug-likeness (QED) is 0.601. The van der Waals surface area contributed by atoms with Crippen LogP contribution in [0.15, 0.2) is 47.7 Å². The Hall–Kier alpha value is -2.83. The molecule has 0 radical (unpaired) electrons. The molecule has 27 heavy (non-hydrogen) atoms. The van der Waals surface area contributed by atoms with E-state index in [0.717, 1.165) is 12.4 Å². The number of nitrogens with zero attached hydrogens (tertiary/aromatic N) is 4. The predicted molar refractivity (Wildman–Crippen MR) is 108 cm³/mol. The lowest BCUT2D eigenvalue weighted by atomic mass is 10.1. The Balaban J connectivity index is 1.93. The molecule has 7 nitrogen and oxygen atoms in total. The van der Waals surface area contributed by atoms with Crippen molar-refractivity contribution in [1.82, 2.24) is 25.1 Å². The summed E-state index contributed by atoms with van der Waals surface area (Å²) >= 11 is 0. The van der Waals surface area contributed by atoms with E-state index in [1.54, 1.807) is 18.1 Å². The Morgan fingerprint density at radius 1 is 1.26 bits per heavy atom. The number of carbonyl (C=O) groups is 1. The molecule has 0 unspecified atom stereocenters. The molecule has 1 aromatic heterocycles. The van der Waals surface area contributed by atoms with Gasteiger partial charge in [0.1, 0.15) is 5.82 Å². The third-order valence-corrected chi connectivity index (χ3v) is 3.87. The highest BCUT2D eigenvalue weighted by Gasteiger charge is 2.17. The summed E-state index contributed by atoms with van der Waals surface area (Å²) in [5.74, 6) is 1.51. The number of nitrogens with one attached hydrogen (secondary N) is 2. The fourth-order valence-electron chi connectivity index (χ4n) is 2.72. The van der Waals surface area contributed by atoms with Crippen molar-refractivity contribution in [2.24, 2.45) is 4.99 Å². The monoisotopic (exact) mass is 370 g/mol. The van der Waals surface area contributed by atoms with Crippen LogP contribution in [0.2, 0.25) is 0 Å². The summed E-state index contributed by atoms with van der Waals surface area (Å²) in [5, 5.41) is 6.23. The molecule has 0 spiro atoms. The maximum absolute atomic E-state index is 12.1. The van der Waals surface area contributed by atoms with Gasteiger partial charge in [-0.25, -0.2) is 4.98 Å². The SMILES string of the molecule is CN=C(NCc1nccn1Cc1ccccc1)N(C)CC(=O)NC(C)(C)C. The van der Waals surface area contributed by atoms with Crippen LogP contribution in [0, 0.1) is 0 Å². The smallest absolute Gasteiger partial charge is 0.240 e. The molecule has 0 aliphatic rings. The minimum atomic E-state index is -0.253. The maximum Gasteiger partial charge on any atom is 0.240 e. The first-order chi connectivity index (χ1) is 12.8. The van der Waals surface area contributed by atoms with Crippen LogP contribution in [0.3, 0.4) is 0 Å². The van der Waals surface area contributed by atoms with Gasteiger partial charge in [-0.05, 0) is 26.3 Å². The molecule has 146 valence electrons. The van der Waals surface area contributed by atoms with Crippen LogP contribution < -0.4 is 10.6 Å². The zero-order valence-corrected chi connectivity index (χ0v) is 16.9. The molecule has 0 saturated heterocycles. The lowest BCUT2D eigenvalue weighted by molar-refractivity contribution is -0.122. The van der Waals surface area contributed by atoms with Crippen LogP contribution in [0.25, 0.3) is 0 Å². The molecular formula is C20H30N6O. The molecular weight excluding hydrogens is 340 g/mol. The minimum absolute atomic E-state index is 0.0430. The number of benzene rings is 1. The van der Waals surface area contributed by atoms with Crippen molar-refractivity contribution in [2.75, 3.05) is 20.6 Å². The standard InChI is InChI=1S/C20H30N6O/c1-20(2,3)24-18(27)15-25(5)19(21-4)23-13-17-22-11-12-26(17)14-16-9-7-6-8-10-16/h6-12H,13-15H2,1-5H3,(H,21,23)(H,24,27). The van der Waals surface area contributed by atoms with Gasteiger partial charge in [0.25, 0.3) is 0 Å². The van der Waals surface area contributed by atoms with Crippen molar-refractivity contribution in [3.8, 4) is 0 Å². The summed E-state index contributed by atoms with van der Waals surface area (Å²) in [4.78, 5) is 22.6. The molecule has 2 N–H and O–H groups in total. The number of hydrogen-bond acceptors (Lipinski definition) is 3. The molecule has 0 atom stereocenters. The van der Waals surface area contributed by atoms with Gasteiger partial charge in [-0.3, -0.25) is 9.79 Å². The molecule has 7 heteroatoms. The first kappa shape index (κ1) is 20.5. The topological polar surface area (TPSA) is 74.5 Å². The van der Waals surface area contributed by atoms with Gasteiger partial charge < -0.3 is 20.1 Å². The number of aromatic nitrogens is 2. The molecule has 2 aromatic rings. The summed E-state index contributed by atoms with van der Waals surface area (Å²) in [5.41, 5.74) is 0.967. The van der Waals surface area contributed by atoms with E-state index in [9.17, 15) is 4.79 Å². The Bertz CT molecular complexity index is 760. The second-order valence-corrected chi connectivity index (χ2v) is 7.51. The molecule has 0 aliphatic carbocycles. The van der Waals surface area contributed by atoms with Crippen LogP contribution in [0.5, 0.6) is 0 Å². The van der Waals surface area contributed by atoms with Crippen molar-refractivity contribution in [3.05, 3.63) is 54.1 Å². The minimum Gasteiger partial charge on any atom is -0.350 e. The van der Waals surface area contributed by atoms with E-state index in [1.165, 1.54) is 5.56 Å². The molecule has 2 rings (SSSR count). The molecule has 0 aliphatic heterocycles. The number of carbonyl (C=O) groups excluding carboxylic acids is 1. The van der Waals surface area contributed by atoms with Crippen LogP contribution >= 0.6 is 0 Å². The van der Waals surface area contributed by atoms with Crippen LogP contribution in [-0.4, -0.2) is 52.5 Å². The largest absolute Gasteiger partial charge is 0.350 e. The van der Waals surface area contributed by atoms with Gasteiger partial charge in [-0.1, -0.05) is 30.3 Å². The summed E-state index contributed by atoms with van der Waals surface area (Å²) in [7, 11) is 3.55.